The molecule has 7 nitrogen and oxygen atoms in total. The molecular formula is C25H22N6O. The first-order valence-corrected chi connectivity index (χ1v) is 10.3. The van der Waals surface area contributed by atoms with Gasteiger partial charge in [0.05, 0.1) is 17.6 Å². The SMILES string of the molecule is CN(C)C(=O)c1ccc(-c2nnc(NCc3nc4ccccc4[nH]3)c3ccccc23)cc1. The van der Waals surface area contributed by atoms with Crippen LogP contribution in [0.2, 0.25) is 0 Å². The Balaban J connectivity index is 1.45. The van der Waals surface area contributed by atoms with Gasteiger partial charge >= 0.3 is 0 Å². The zero-order chi connectivity index (χ0) is 22.1. The van der Waals surface area contributed by atoms with Crippen molar-refractivity contribution in [1.29, 1.82) is 0 Å². The van der Waals surface area contributed by atoms with Gasteiger partial charge in [-0.2, -0.15) is 0 Å². The Morgan fingerprint density at radius 3 is 2.38 bits per heavy atom. The van der Waals surface area contributed by atoms with Crippen LogP contribution in [0.1, 0.15) is 16.2 Å². The van der Waals surface area contributed by atoms with Gasteiger partial charge in [0.25, 0.3) is 5.91 Å². The number of amides is 1. The molecule has 2 aromatic heterocycles. The van der Waals surface area contributed by atoms with Gasteiger partial charge in [0, 0.05) is 36.0 Å². The van der Waals surface area contributed by atoms with Crippen LogP contribution in [0.4, 0.5) is 5.82 Å². The molecule has 0 saturated carbocycles. The smallest absolute Gasteiger partial charge is 0.253 e. The fourth-order valence-corrected chi connectivity index (χ4v) is 3.73. The van der Waals surface area contributed by atoms with Crippen LogP contribution >= 0.6 is 0 Å². The number of benzene rings is 3. The van der Waals surface area contributed by atoms with Crippen molar-refractivity contribution < 1.29 is 4.79 Å². The lowest BCUT2D eigenvalue weighted by molar-refractivity contribution is 0.0827. The van der Waals surface area contributed by atoms with Crippen LogP contribution in [-0.2, 0) is 6.54 Å². The minimum Gasteiger partial charge on any atom is -0.361 e. The van der Waals surface area contributed by atoms with Gasteiger partial charge in [-0.15, -0.1) is 10.2 Å². The average Bonchev–Trinajstić information content (AvgIpc) is 3.25. The average molecular weight is 422 g/mol. The zero-order valence-electron chi connectivity index (χ0n) is 17.8. The predicted molar refractivity (Wildman–Crippen MR) is 126 cm³/mol. The molecule has 0 aliphatic heterocycles. The van der Waals surface area contributed by atoms with Crippen LogP contribution in [0.25, 0.3) is 33.1 Å². The molecule has 3 aromatic carbocycles. The van der Waals surface area contributed by atoms with Crippen LogP contribution in [0.3, 0.4) is 0 Å². The molecule has 0 aliphatic rings. The predicted octanol–water partition coefficient (Wildman–Crippen LogP) is 4.49. The largest absolute Gasteiger partial charge is 0.361 e. The number of imidazole rings is 1. The number of fused-ring (bicyclic) bond motifs is 2. The second-order valence-electron chi connectivity index (χ2n) is 7.77. The van der Waals surface area contributed by atoms with Crippen molar-refractivity contribution in [2.45, 2.75) is 6.54 Å². The van der Waals surface area contributed by atoms with E-state index in [-0.39, 0.29) is 5.91 Å². The molecule has 2 heterocycles. The van der Waals surface area contributed by atoms with Crippen molar-refractivity contribution in [2.75, 3.05) is 19.4 Å². The highest BCUT2D eigenvalue weighted by atomic mass is 16.2. The maximum absolute atomic E-state index is 12.2. The summed E-state index contributed by atoms with van der Waals surface area (Å²) in [5.74, 6) is 1.50. The fraction of sp³-hybridized carbons (Fsp3) is 0.120. The van der Waals surface area contributed by atoms with E-state index in [4.69, 9.17) is 0 Å². The number of carbonyl (C=O) groups is 1. The van der Waals surface area contributed by atoms with E-state index in [0.717, 1.165) is 38.9 Å². The third-order valence-corrected chi connectivity index (χ3v) is 5.36. The highest BCUT2D eigenvalue weighted by Crippen LogP contribution is 2.30. The van der Waals surface area contributed by atoms with Crippen LogP contribution in [0.5, 0.6) is 0 Å². The molecule has 0 saturated heterocycles. The minimum absolute atomic E-state index is 0.0300. The first-order chi connectivity index (χ1) is 15.6. The minimum atomic E-state index is -0.0300. The molecule has 32 heavy (non-hydrogen) atoms. The van der Waals surface area contributed by atoms with Gasteiger partial charge in [-0.1, -0.05) is 48.5 Å². The molecule has 0 unspecified atom stereocenters. The first kappa shape index (κ1) is 19.7. The van der Waals surface area contributed by atoms with Crippen LogP contribution in [0.15, 0.2) is 72.8 Å². The molecule has 0 fully saturated rings. The summed E-state index contributed by atoms with van der Waals surface area (Å²) >= 11 is 0. The number of rotatable bonds is 5. The maximum atomic E-state index is 12.2. The summed E-state index contributed by atoms with van der Waals surface area (Å²) in [5.41, 5.74) is 4.27. The van der Waals surface area contributed by atoms with E-state index in [1.165, 1.54) is 0 Å². The molecule has 5 rings (SSSR count). The Hall–Kier alpha value is -4.26. The van der Waals surface area contributed by atoms with Crippen molar-refractivity contribution in [3.05, 3.63) is 84.2 Å². The monoisotopic (exact) mass is 422 g/mol. The summed E-state index contributed by atoms with van der Waals surface area (Å²) in [4.78, 5) is 21.7. The molecule has 0 radical (unpaired) electrons. The number of hydrogen-bond acceptors (Lipinski definition) is 5. The molecule has 7 heteroatoms. The van der Waals surface area contributed by atoms with E-state index in [1.807, 2.05) is 72.8 Å². The Bertz CT molecular complexity index is 1390. The molecule has 158 valence electrons. The van der Waals surface area contributed by atoms with Gasteiger partial charge in [0.1, 0.15) is 11.5 Å². The van der Waals surface area contributed by atoms with Crippen LogP contribution in [-0.4, -0.2) is 45.1 Å². The van der Waals surface area contributed by atoms with Crippen LogP contribution in [0, 0.1) is 0 Å². The molecule has 2 N–H and O–H groups in total. The van der Waals surface area contributed by atoms with Crippen molar-refractivity contribution in [1.82, 2.24) is 25.1 Å². The lowest BCUT2D eigenvalue weighted by Crippen LogP contribution is -2.21. The number of carbonyl (C=O) groups excluding carboxylic acids is 1. The Labute approximate surface area is 185 Å². The highest BCUT2D eigenvalue weighted by molar-refractivity contribution is 6.00. The van der Waals surface area contributed by atoms with E-state index in [0.29, 0.717) is 17.9 Å². The number of hydrogen-bond donors (Lipinski definition) is 2. The standard InChI is InChI=1S/C25H22N6O/c1-31(2)25(32)17-13-11-16(12-14-17)23-18-7-3-4-8-19(18)24(30-29-23)26-15-22-27-20-9-5-6-10-21(20)28-22/h3-14H,15H2,1-2H3,(H,26,30)(H,27,28). The van der Waals surface area contributed by atoms with E-state index in [2.05, 4.69) is 25.5 Å². The van der Waals surface area contributed by atoms with Gasteiger partial charge in [0.2, 0.25) is 0 Å². The van der Waals surface area contributed by atoms with E-state index in [9.17, 15) is 4.79 Å². The summed E-state index contributed by atoms with van der Waals surface area (Å²) in [7, 11) is 3.48. The third-order valence-electron chi connectivity index (χ3n) is 5.36. The van der Waals surface area contributed by atoms with E-state index >= 15 is 0 Å². The van der Waals surface area contributed by atoms with Gasteiger partial charge in [-0.05, 0) is 24.3 Å². The maximum Gasteiger partial charge on any atom is 0.253 e. The highest BCUT2D eigenvalue weighted by Gasteiger charge is 2.13. The van der Waals surface area contributed by atoms with Gasteiger partial charge in [-0.3, -0.25) is 4.79 Å². The number of nitrogens with one attached hydrogen (secondary N) is 2. The number of aromatic nitrogens is 4. The van der Waals surface area contributed by atoms with Gasteiger partial charge in [0.15, 0.2) is 5.82 Å². The Morgan fingerprint density at radius 1 is 0.906 bits per heavy atom. The molecular weight excluding hydrogens is 400 g/mol. The second kappa shape index (κ2) is 8.11. The number of H-pyrrole nitrogens is 1. The summed E-state index contributed by atoms with van der Waals surface area (Å²) < 4.78 is 0. The van der Waals surface area contributed by atoms with Crippen molar-refractivity contribution in [3.63, 3.8) is 0 Å². The number of aromatic amines is 1. The topological polar surface area (TPSA) is 86.8 Å². The zero-order valence-corrected chi connectivity index (χ0v) is 17.8. The third kappa shape index (κ3) is 3.65. The number of para-hydroxylation sites is 2. The summed E-state index contributed by atoms with van der Waals surface area (Å²) in [6.45, 7) is 0.508. The molecule has 5 aromatic rings. The van der Waals surface area contributed by atoms with E-state index < -0.39 is 0 Å². The molecule has 0 spiro atoms. The lowest BCUT2D eigenvalue weighted by Gasteiger charge is -2.12. The molecule has 1 amide bonds. The molecule has 0 bridgehead atoms. The van der Waals surface area contributed by atoms with E-state index in [1.54, 1.807) is 19.0 Å². The fourth-order valence-electron chi connectivity index (χ4n) is 3.73. The van der Waals surface area contributed by atoms with Gasteiger partial charge in [-0.25, -0.2) is 4.98 Å². The quantitative estimate of drug-likeness (QED) is 0.436. The number of nitrogens with zero attached hydrogens (tertiary/aromatic N) is 4. The Morgan fingerprint density at radius 2 is 1.62 bits per heavy atom. The van der Waals surface area contributed by atoms with Gasteiger partial charge < -0.3 is 15.2 Å². The first-order valence-electron chi connectivity index (χ1n) is 10.3. The second-order valence-corrected chi connectivity index (χ2v) is 7.77. The summed E-state index contributed by atoms with van der Waals surface area (Å²) in [6.07, 6.45) is 0. The number of anilines is 1. The van der Waals surface area contributed by atoms with Crippen LogP contribution < -0.4 is 5.32 Å². The molecule has 0 aliphatic carbocycles. The van der Waals surface area contributed by atoms with Crippen molar-refractivity contribution >= 4 is 33.5 Å². The molecule has 0 atom stereocenters. The Kier molecular flexibility index (Phi) is 4.99. The summed E-state index contributed by atoms with van der Waals surface area (Å²) in [5, 5.41) is 14.3. The van der Waals surface area contributed by atoms with Crippen molar-refractivity contribution in [3.8, 4) is 11.3 Å². The summed E-state index contributed by atoms with van der Waals surface area (Å²) in [6, 6.07) is 23.4. The van der Waals surface area contributed by atoms with Crippen molar-refractivity contribution in [2.24, 2.45) is 0 Å². The lowest BCUT2D eigenvalue weighted by atomic mass is 10.0. The normalized spacial score (nSPS) is 11.1.